The van der Waals surface area contributed by atoms with E-state index in [1.807, 2.05) is 11.0 Å². The number of nitrogens with one attached hydrogen (secondary N) is 1. The molecule has 1 heterocycles. The Kier molecular flexibility index (Phi) is 6.25. The fraction of sp³-hybridized carbons (Fsp3) is 0.611. The minimum absolute atomic E-state index is 0.182. The molecule has 1 aromatic carbocycles. The number of carbonyl (C=O) groups excluding carboxylic acids is 1. The van der Waals surface area contributed by atoms with Gasteiger partial charge < -0.3 is 15.1 Å². The van der Waals surface area contributed by atoms with Gasteiger partial charge in [0.1, 0.15) is 0 Å². The molecule has 0 aliphatic carbocycles. The number of rotatable bonds is 9. The summed E-state index contributed by atoms with van der Waals surface area (Å²) in [7, 11) is 0. The summed E-state index contributed by atoms with van der Waals surface area (Å²) in [6, 6.07) is 6.21. The summed E-state index contributed by atoms with van der Waals surface area (Å²) in [4.78, 5) is 16.9. The highest BCUT2D eigenvalue weighted by Crippen LogP contribution is 2.25. The number of likely N-dealkylation sites (N-methyl/N-ethyl adjacent to an activating group) is 1. The van der Waals surface area contributed by atoms with E-state index in [0.717, 1.165) is 62.5 Å². The molecule has 0 fully saturated rings. The molecule has 0 atom stereocenters. The molecule has 1 N–H and O–H groups in total. The van der Waals surface area contributed by atoms with Gasteiger partial charge in [-0.3, -0.25) is 4.79 Å². The molecule has 0 unspecified atom stereocenters. The molecule has 0 spiro atoms. The van der Waals surface area contributed by atoms with Crippen molar-refractivity contribution >= 4 is 11.6 Å². The van der Waals surface area contributed by atoms with Crippen molar-refractivity contribution in [2.24, 2.45) is 0 Å². The zero-order valence-corrected chi connectivity index (χ0v) is 14.2. The van der Waals surface area contributed by atoms with Crippen molar-refractivity contribution in [3.05, 3.63) is 29.3 Å². The number of hydrogen-bond acceptors (Lipinski definition) is 3. The molecular formula is C18H29N3O. The van der Waals surface area contributed by atoms with Crippen LogP contribution >= 0.6 is 0 Å². The Labute approximate surface area is 134 Å². The molecule has 0 saturated heterocycles. The summed E-state index contributed by atoms with van der Waals surface area (Å²) in [6.45, 7) is 12.1. The van der Waals surface area contributed by atoms with Crippen LogP contribution in [0.2, 0.25) is 0 Å². The number of amides is 1. The van der Waals surface area contributed by atoms with Gasteiger partial charge in [-0.2, -0.15) is 0 Å². The molecule has 2 rings (SSSR count). The van der Waals surface area contributed by atoms with Crippen LogP contribution in [-0.2, 0) is 6.54 Å². The van der Waals surface area contributed by atoms with E-state index in [9.17, 15) is 4.79 Å². The Bertz CT molecular complexity index is 497. The van der Waals surface area contributed by atoms with Crippen LogP contribution in [0.5, 0.6) is 0 Å². The molecule has 4 heteroatoms. The third-order valence-corrected chi connectivity index (χ3v) is 4.43. The minimum atomic E-state index is 0.182. The van der Waals surface area contributed by atoms with Gasteiger partial charge in [0.05, 0.1) is 0 Å². The van der Waals surface area contributed by atoms with Gasteiger partial charge in [0.25, 0.3) is 5.91 Å². The second kappa shape index (κ2) is 8.18. The normalized spacial score (nSPS) is 13.8. The predicted octanol–water partition coefficient (Wildman–Crippen LogP) is 3.20. The molecule has 0 saturated carbocycles. The Balaban J connectivity index is 1.96. The lowest BCUT2D eigenvalue weighted by Crippen LogP contribution is -2.35. The highest BCUT2D eigenvalue weighted by atomic mass is 16.2. The maximum absolute atomic E-state index is 12.5. The summed E-state index contributed by atoms with van der Waals surface area (Å²) in [5.74, 6) is 0.182. The summed E-state index contributed by atoms with van der Waals surface area (Å²) in [5, 5.41) is 3.40. The molecule has 22 heavy (non-hydrogen) atoms. The number of hydrogen-bond donors (Lipinski definition) is 1. The number of fused-ring (bicyclic) bond motifs is 1. The van der Waals surface area contributed by atoms with Crippen molar-refractivity contribution < 1.29 is 4.79 Å². The van der Waals surface area contributed by atoms with E-state index in [-0.39, 0.29) is 5.91 Å². The van der Waals surface area contributed by atoms with E-state index < -0.39 is 0 Å². The second-order valence-corrected chi connectivity index (χ2v) is 5.91. The molecule has 1 aliphatic rings. The third-order valence-electron chi connectivity index (χ3n) is 4.43. The van der Waals surface area contributed by atoms with E-state index in [4.69, 9.17) is 0 Å². The maximum atomic E-state index is 12.5. The van der Waals surface area contributed by atoms with E-state index in [1.165, 1.54) is 6.42 Å². The van der Waals surface area contributed by atoms with Crippen LogP contribution in [0.4, 0.5) is 5.69 Å². The van der Waals surface area contributed by atoms with Crippen molar-refractivity contribution in [1.82, 2.24) is 9.80 Å². The SMILES string of the molecule is CCCCNc1ccc2c(c1)C(=O)N(CCN(CC)CC)C2. The summed E-state index contributed by atoms with van der Waals surface area (Å²) >= 11 is 0. The predicted molar refractivity (Wildman–Crippen MR) is 92.4 cm³/mol. The highest BCUT2D eigenvalue weighted by Gasteiger charge is 2.27. The second-order valence-electron chi connectivity index (χ2n) is 5.91. The zero-order chi connectivity index (χ0) is 15.9. The fourth-order valence-electron chi connectivity index (χ4n) is 2.86. The molecule has 1 aromatic rings. The van der Waals surface area contributed by atoms with Crippen molar-refractivity contribution in [2.45, 2.75) is 40.2 Å². The number of nitrogens with zero attached hydrogens (tertiary/aromatic N) is 2. The summed E-state index contributed by atoms with van der Waals surface area (Å²) in [5.41, 5.74) is 3.10. The summed E-state index contributed by atoms with van der Waals surface area (Å²) < 4.78 is 0. The van der Waals surface area contributed by atoms with E-state index >= 15 is 0 Å². The smallest absolute Gasteiger partial charge is 0.254 e. The standard InChI is InChI=1S/C18H29N3O/c1-4-7-10-19-16-9-8-15-14-21(18(22)17(15)13-16)12-11-20(5-2)6-3/h8-9,13,19H,4-7,10-12,14H2,1-3H3. The van der Waals surface area contributed by atoms with Crippen LogP contribution in [0.25, 0.3) is 0 Å². The number of benzene rings is 1. The number of anilines is 1. The lowest BCUT2D eigenvalue weighted by molar-refractivity contribution is 0.0760. The molecular weight excluding hydrogens is 274 g/mol. The van der Waals surface area contributed by atoms with Gasteiger partial charge in [0.2, 0.25) is 0 Å². The van der Waals surface area contributed by atoms with Gasteiger partial charge in [0.15, 0.2) is 0 Å². The Morgan fingerprint density at radius 2 is 2.00 bits per heavy atom. The Hall–Kier alpha value is -1.55. The topological polar surface area (TPSA) is 35.6 Å². The van der Waals surface area contributed by atoms with E-state index in [0.29, 0.717) is 0 Å². The molecule has 0 aromatic heterocycles. The van der Waals surface area contributed by atoms with Crippen molar-refractivity contribution in [3.63, 3.8) is 0 Å². The lowest BCUT2D eigenvalue weighted by atomic mass is 10.1. The van der Waals surface area contributed by atoms with Gasteiger partial charge in [0, 0.05) is 37.4 Å². The van der Waals surface area contributed by atoms with E-state index in [1.54, 1.807) is 0 Å². The van der Waals surface area contributed by atoms with Crippen LogP contribution < -0.4 is 5.32 Å². The zero-order valence-electron chi connectivity index (χ0n) is 14.2. The van der Waals surface area contributed by atoms with Crippen molar-refractivity contribution in [3.8, 4) is 0 Å². The van der Waals surface area contributed by atoms with Gasteiger partial charge in [-0.05, 0) is 37.2 Å². The highest BCUT2D eigenvalue weighted by molar-refractivity contribution is 5.99. The molecule has 0 bridgehead atoms. The average Bonchev–Trinajstić information content (AvgIpc) is 2.85. The molecule has 1 amide bonds. The van der Waals surface area contributed by atoms with Gasteiger partial charge >= 0.3 is 0 Å². The first-order valence-electron chi connectivity index (χ1n) is 8.58. The van der Waals surface area contributed by atoms with Gasteiger partial charge in [-0.25, -0.2) is 0 Å². The van der Waals surface area contributed by atoms with Crippen molar-refractivity contribution in [2.75, 3.05) is 38.0 Å². The monoisotopic (exact) mass is 303 g/mol. The van der Waals surface area contributed by atoms with Gasteiger partial charge in [-0.15, -0.1) is 0 Å². The third kappa shape index (κ3) is 4.01. The lowest BCUT2D eigenvalue weighted by Gasteiger charge is -2.22. The van der Waals surface area contributed by atoms with Crippen LogP contribution in [0, 0.1) is 0 Å². The first kappa shape index (κ1) is 16.8. The largest absolute Gasteiger partial charge is 0.385 e. The number of carbonyl (C=O) groups is 1. The van der Waals surface area contributed by atoms with Crippen LogP contribution in [0.1, 0.15) is 49.5 Å². The summed E-state index contributed by atoms with van der Waals surface area (Å²) in [6.07, 6.45) is 2.33. The number of unbranched alkanes of at least 4 members (excludes halogenated alkanes) is 1. The first-order chi connectivity index (χ1) is 10.7. The van der Waals surface area contributed by atoms with Crippen molar-refractivity contribution in [1.29, 1.82) is 0 Å². The minimum Gasteiger partial charge on any atom is -0.385 e. The van der Waals surface area contributed by atoms with Crippen LogP contribution in [0.15, 0.2) is 18.2 Å². The van der Waals surface area contributed by atoms with Gasteiger partial charge in [-0.1, -0.05) is 33.3 Å². The molecule has 0 radical (unpaired) electrons. The Morgan fingerprint density at radius 3 is 2.68 bits per heavy atom. The van der Waals surface area contributed by atoms with E-state index in [2.05, 4.69) is 43.1 Å². The maximum Gasteiger partial charge on any atom is 0.254 e. The first-order valence-corrected chi connectivity index (χ1v) is 8.58. The average molecular weight is 303 g/mol. The van der Waals surface area contributed by atoms with Crippen LogP contribution in [-0.4, -0.2) is 48.4 Å². The molecule has 122 valence electrons. The molecule has 4 nitrogen and oxygen atoms in total. The Morgan fingerprint density at radius 1 is 1.23 bits per heavy atom. The van der Waals surface area contributed by atoms with Crippen LogP contribution in [0.3, 0.4) is 0 Å². The molecule has 1 aliphatic heterocycles. The fourth-order valence-corrected chi connectivity index (χ4v) is 2.86. The quantitative estimate of drug-likeness (QED) is 0.712.